The Kier molecular flexibility index (Phi) is 6.86. The second-order valence-electron chi connectivity index (χ2n) is 6.69. The molecule has 1 heterocycles. The average molecular weight is 434 g/mol. The van der Waals surface area contributed by atoms with E-state index in [9.17, 15) is 18.6 Å². The van der Waals surface area contributed by atoms with Crippen molar-refractivity contribution in [1.82, 2.24) is 10.3 Å². The lowest BCUT2D eigenvalue weighted by atomic mass is 10.0. The zero-order chi connectivity index (χ0) is 20.9. The first kappa shape index (κ1) is 21.3. The number of benzene rings is 2. The third-order valence-electron chi connectivity index (χ3n) is 4.29. The van der Waals surface area contributed by atoms with Crippen LogP contribution in [0.4, 0.5) is 5.69 Å². The SMILES string of the molecule is CS(=O)(=O)Nc1cc([C@@H](O)CNC(Cc2ccccc2)c2nccs2)ccc1O. The molecule has 0 bridgehead atoms. The molecular formula is C20H23N3O4S2. The molecule has 3 aromatic rings. The summed E-state index contributed by atoms with van der Waals surface area (Å²) >= 11 is 1.54. The molecule has 7 nitrogen and oxygen atoms in total. The molecule has 1 aromatic heterocycles. The molecule has 0 aliphatic heterocycles. The molecule has 2 atom stereocenters. The molecule has 0 radical (unpaired) electrons. The van der Waals surface area contributed by atoms with Crippen LogP contribution in [-0.4, -0.2) is 36.4 Å². The molecule has 0 amide bonds. The third kappa shape index (κ3) is 6.26. The molecule has 4 N–H and O–H groups in total. The van der Waals surface area contributed by atoms with Gasteiger partial charge in [-0.1, -0.05) is 36.4 Å². The summed E-state index contributed by atoms with van der Waals surface area (Å²) in [6, 6.07) is 14.3. The standard InChI is InChI=1S/C20H23N3O4S2/c1-29(26,27)23-16-12-15(7-8-18(16)24)19(25)13-22-17(20-21-9-10-28-20)11-14-5-3-2-4-6-14/h2-10,12,17,19,22-25H,11,13H2,1H3/t17?,19-/m0/s1. The van der Waals surface area contributed by atoms with Crippen molar-refractivity contribution in [2.75, 3.05) is 17.5 Å². The summed E-state index contributed by atoms with van der Waals surface area (Å²) < 4.78 is 25.1. The molecule has 0 fully saturated rings. The minimum Gasteiger partial charge on any atom is -0.506 e. The predicted octanol–water partition coefficient (Wildman–Crippen LogP) is 2.83. The molecule has 0 spiro atoms. The highest BCUT2D eigenvalue weighted by Crippen LogP contribution is 2.28. The van der Waals surface area contributed by atoms with Gasteiger partial charge in [-0.2, -0.15) is 0 Å². The van der Waals surface area contributed by atoms with Crippen LogP contribution in [0.1, 0.15) is 28.3 Å². The summed E-state index contributed by atoms with van der Waals surface area (Å²) in [5.74, 6) is -0.205. The number of anilines is 1. The molecule has 29 heavy (non-hydrogen) atoms. The van der Waals surface area contributed by atoms with Crippen LogP contribution in [0.25, 0.3) is 0 Å². The van der Waals surface area contributed by atoms with Gasteiger partial charge in [-0.05, 0) is 29.7 Å². The van der Waals surface area contributed by atoms with Crippen molar-refractivity contribution in [2.45, 2.75) is 18.6 Å². The van der Waals surface area contributed by atoms with Gasteiger partial charge in [-0.3, -0.25) is 4.72 Å². The second kappa shape index (κ2) is 9.36. The Bertz CT molecular complexity index is 1030. The largest absolute Gasteiger partial charge is 0.506 e. The highest BCUT2D eigenvalue weighted by atomic mass is 32.2. The summed E-state index contributed by atoms with van der Waals surface area (Å²) in [5.41, 5.74) is 1.67. The van der Waals surface area contributed by atoms with E-state index in [0.717, 1.165) is 23.2 Å². The Morgan fingerprint density at radius 3 is 2.59 bits per heavy atom. The zero-order valence-corrected chi connectivity index (χ0v) is 17.5. The number of nitrogens with zero attached hydrogens (tertiary/aromatic N) is 1. The van der Waals surface area contributed by atoms with Crippen molar-refractivity contribution in [3.8, 4) is 5.75 Å². The zero-order valence-electron chi connectivity index (χ0n) is 15.8. The van der Waals surface area contributed by atoms with E-state index in [-0.39, 0.29) is 24.0 Å². The number of aliphatic hydroxyl groups is 1. The fourth-order valence-corrected chi connectivity index (χ4v) is 4.19. The Hall–Kier alpha value is -2.46. The molecule has 3 rings (SSSR count). The number of sulfonamides is 1. The van der Waals surface area contributed by atoms with E-state index in [1.54, 1.807) is 23.6 Å². The van der Waals surface area contributed by atoms with Gasteiger partial charge in [0.2, 0.25) is 10.0 Å². The van der Waals surface area contributed by atoms with Crippen molar-refractivity contribution < 1.29 is 18.6 Å². The summed E-state index contributed by atoms with van der Waals surface area (Å²) in [6.07, 6.45) is 2.57. The van der Waals surface area contributed by atoms with E-state index >= 15 is 0 Å². The number of nitrogens with one attached hydrogen (secondary N) is 2. The summed E-state index contributed by atoms with van der Waals surface area (Å²) in [7, 11) is -3.55. The van der Waals surface area contributed by atoms with Gasteiger partial charge < -0.3 is 15.5 Å². The molecular weight excluding hydrogens is 410 g/mol. The first-order valence-electron chi connectivity index (χ1n) is 8.97. The molecule has 0 aliphatic rings. The highest BCUT2D eigenvalue weighted by molar-refractivity contribution is 7.92. The van der Waals surface area contributed by atoms with Gasteiger partial charge >= 0.3 is 0 Å². The Morgan fingerprint density at radius 1 is 1.17 bits per heavy atom. The Morgan fingerprint density at radius 2 is 1.93 bits per heavy atom. The first-order valence-corrected chi connectivity index (χ1v) is 11.7. The third-order valence-corrected chi connectivity index (χ3v) is 5.77. The van der Waals surface area contributed by atoms with Gasteiger partial charge in [0, 0.05) is 18.1 Å². The number of hydrogen-bond acceptors (Lipinski definition) is 7. The van der Waals surface area contributed by atoms with E-state index in [1.807, 2.05) is 35.7 Å². The van der Waals surface area contributed by atoms with Gasteiger partial charge in [0.05, 0.1) is 24.1 Å². The molecule has 1 unspecified atom stereocenters. The van der Waals surface area contributed by atoms with Crippen LogP contribution in [0, 0.1) is 0 Å². The van der Waals surface area contributed by atoms with Crippen molar-refractivity contribution in [1.29, 1.82) is 0 Å². The van der Waals surface area contributed by atoms with E-state index in [0.29, 0.717) is 5.56 Å². The highest BCUT2D eigenvalue weighted by Gasteiger charge is 2.18. The summed E-state index contributed by atoms with van der Waals surface area (Å²) in [6.45, 7) is 0.236. The molecule has 154 valence electrons. The van der Waals surface area contributed by atoms with Crippen molar-refractivity contribution >= 4 is 27.0 Å². The fraction of sp³-hybridized carbons (Fsp3) is 0.250. The van der Waals surface area contributed by atoms with Crippen LogP contribution in [0.5, 0.6) is 5.75 Å². The molecule has 0 saturated heterocycles. The van der Waals surface area contributed by atoms with Crippen molar-refractivity contribution in [3.05, 3.63) is 76.2 Å². The minimum atomic E-state index is -3.55. The average Bonchev–Trinajstić information content (AvgIpc) is 3.21. The Balaban J connectivity index is 1.71. The fourth-order valence-electron chi connectivity index (χ4n) is 2.92. The van der Waals surface area contributed by atoms with E-state index in [4.69, 9.17) is 0 Å². The van der Waals surface area contributed by atoms with Crippen molar-refractivity contribution in [2.24, 2.45) is 0 Å². The Labute approximate surface area is 174 Å². The lowest BCUT2D eigenvalue weighted by Gasteiger charge is -2.20. The quantitative estimate of drug-likeness (QED) is 0.386. The monoisotopic (exact) mass is 433 g/mol. The lowest BCUT2D eigenvalue weighted by molar-refractivity contribution is 0.169. The van der Waals surface area contributed by atoms with Gasteiger partial charge in [0.1, 0.15) is 10.8 Å². The van der Waals surface area contributed by atoms with Gasteiger partial charge in [0.15, 0.2) is 0 Å². The first-order chi connectivity index (χ1) is 13.8. The van der Waals surface area contributed by atoms with Gasteiger partial charge in [0.25, 0.3) is 0 Å². The number of hydrogen-bond donors (Lipinski definition) is 4. The topological polar surface area (TPSA) is 112 Å². The minimum absolute atomic E-state index is 0.0322. The molecule has 9 heteroatoms. The second-order valence-corrected chi connectivity index (χ2v) is 9.36. The number of phenols is 1. The van der Waals surface area contributed by atoms with Gasteiger partial charge in [-0.25, -0.2) is 13.4 Å². The number of thiazole rings is 1. The van der Waals surface area contributed by atoms with E-state index in [1.165, 1.54) is 12.1 Å². The smallest absolute Gasteiger partial charge is 0.229 e. The lowest BCUT2D eigenvalue weighted by Crippen LogP contribution is -2.28. The van der Waals surface area contributed by atoms with Crippen molar-refractivity contribution in [3.63, 3.8) is 0 Å². The summed E-state index contributed by atoms with van der Waals surface area (Å²) in [4.78, 5) is 4.39. The normalized spacial score (nSPS) is 13.7. The van der Waals surface area contributed by atoms with Crippen LogP contribution >= 0.6 is 11.3 Å². The number of rotatable bonds is 9. The van der Waals surface area contributed by atoms with Crippen LogP contribution in [0.15, 0.2) is 60.1 Å². The maximum atomic E-state index is 11.5. The maximum absolute atomic E-state index is 11.5. The number of aromatic nitrogens is 1. The van der Waals surface area contributed by atoms with Crippen LogP contribution in [0.2, 0.25) is 0 Å². The van der Waals surface area contributed by atoms with Crippen LogP contribution in [-0.2, 0) is 16.4 Å². The molecule has 0 saturated carbocycles. The predicted molar refractivity (Wildman–Crippen MR) is 115 cm³/mol. The van der Waals surface area contributed by atoms with E-state index in [2.05, 4.69) is 15.0 Å². The van der Waals surface area contributed by atoms with E-state index < -0.39 is 16.1 Å². The number of aromatic hydroxyl groups is 1. The molecule has 2 aromatic carbocycles. The summed E-state index contributed by atoms with van der Waals surface area (Å²) in [5, 5.41) is 26.6. The van der Waals surface area contributed by atoms with Crippen LogP contribution in [0.3, 0.4) is 0 Å². The van der Waals surface area contributed by atoms with Gasteiger partial charge in [-0.15, -0.1) is 11.3 Å². The number of aliphatic hydroxyl groups excluding tert-OH is 1. The maximum Gasteiger partial charge on any atom is 0.229 e. The molecule has 0 aliphatic carbocycles. The van der Waals surface area contributed by atoms with Crippen LogP contribution < -0.4 is 10.0 Å². The number of phenolic OH excluding ortho intramolecular Hbond substituents is 1.